The molecule has 0 spiro atoms. The first-order chi connectivity index (χ1) is 9.46. The molecule has 0 radical (unpaired) electrons. The molecule has 0 saturated carbocycles. The van der Waals surface area contributed by atoms with E-state index < -0.39 is 7.87 Å². The third-order valence-corrected chi connectivity index (χ3v) is 32.7. The minimum atomic E-state index is -6.39. The van der Waals surface area contributed by atoms with Gasteiger partial charge in [-0.15, -0.1) is 0 Å². The van der Waals surface area contributed by atoms with Crippen molar-refractivity contribution in [3.8, 4) is 0 Å². The zero-order valence-corrected chi connectivity index (χ0v) is 19.9. The Balaban J connectivity index is 3.50. The summed E-state index contributed by atoms with van der Waals surface area (Å²) in [6, 6.07) is 0. The summed E-state index contributed by atoms with van der Waals surface area (Å²) in [4.78, 5) is 0. The van der Waals surface area contributed by atoms with E-state index in [4.69, 9.17) is 0 Å². The fourth-order valence-corrected chi connectivity index (χ4v) is 30.8. The molecular formula is C22H44NTi. The number of hydrogen-bond acceptors (Lipinski definition) is 1. The number of rotatable bonds is 3. The van der Waals surface area contributed by atoms with Crippen molar-refractivity contribution in [3.05, 3.63) is 44.2 Å². The normalized spacial score (nSPS) is 33.0. The van der Waals surface area contributed by atoms with E-state index in [0.29, 0.717) is 0 Å². The summed E-state index contributed by atoms with van der Waals surface area (Å²) in [5.41, 5.74) is -0.0967. The third kappa shape index (κ3) is 2.07. The molecule has 0 saturated heterocycles. The Hall–Kier alpha value is -0.366. The molecule has 0 bridgehead atoms. The third-order valence-electron chi connectivity index (χ3n) is 8.82. The number of nitrogens with one attached hydrogen (secondary N) is 1. The Morgan fingerprint density at radius 3 is 1.25 bits per heavy atom. The van der Waals surface area contributed by atoms with Crippen molar-refractivity contribution < 1.29 is 7.87 Å². The van der Waals surface area contributed by atoms with Crippen LogP contribution in [0.25, 0.3) is 0 Å². The second-order valence-electron chi connectivity index (χ2n) is 25.4. The Labute approximate surface area is 136 Å². The average Bonchev–Trinajstić information content (AvgIpc) is 2.86. The topological polar surface area (TPSA) is 12.0 Å². The Morgan fingerprint density at radius 1 is 0.708 bits per heavy atom. The van der Waals surface area contributed by atoms with Crippen LogP contribution >= 0.6 is 0 Å². The van der Waals surface area contributed by atoms with E-state index in [1.165, 1.54) is 7.76 Å². The van der Waals surface area contributed by atoms with E-state index >= 15 is 0 Å². The minimum absolute atomic E-state index is 0.0967. The molecule has 0 atom stereocenters. The van der Waals surface area contributed by atoms with E-state index in [-0.39, 0.29) is 5.54 Å². The van der Waals surface area contributed by atoms with Crippen LogP contribution in [-0.4, -0.2) is 5.54 Å². The van der Waals surface area contributed by atoms with Gasteiger partial charge in [-0.25, -0.2) is 0 Å². The van der Waals surface area contributed by atoms with E-state index in [1.807, 2.05) is 0 Å². The monoisotopic (exact) mass is 370 g/mol. The van der Waals surface area contributed by atoms with E-state index in [9.17, 15) is 0 Å². The summed E-state index contributed by atoms with van der Waals surface area (Å²) in [5.74, 6) is 0. The van der Waals surface area contributed by atoms with Gasteiger partial charge in [0, 0.05) is 0 Å². The molecule has 2 aliphatic carbocycles. The first-order valence-corrected chi connectivity index (χ1v) is 24.8. The molecule has 0 aromatic carbocycles. The van der Waals surface area contributed by atoms with Gasteiger partial charge in [0.15, 0.2) is 0 Å². The summed E-state index contributed by atoms with van der Waals surface area (Å²) in [6.07, 6.45) is 15.8. The SMILES string of the molecule is CC(C)(C)[NH][Ti]([CH3])([CH3])([CH3])([CH3])([CH3])([CH3])([CH3])([CH3])([C]1=CC=CC1)[C]1=CC=CC1. The molecule has 0 fully saturated rings. The summed E-state index contributed by atoms with van der Waals surface area (Å²) < 4.78 is 7.42. The molecule has 2 rings (SSSR count). The Bertz CT molecular complexity index is 898. The van der Waals surface area contributed by atoms with Crippen molar-refractivity contribution in [1.82, 2.24) is 3.80 Å². The maximum atomic E-state index is 4.46. The van der Waals surface area contributed by atoms with Gasteiger partial charge in [-0.2, -0.15) is 0 Å². The summed E-state index contributed by atoms with van der Waals surface area (Å²) >= 11 is 0. The molecule has 0 aliphatic heterocycles. The second kappa shape index (κ2) is 1.85. The van der Waals surface area contributed by atoms with Gasteiger partial charge in [0.2, 0.25) is 0 Å². The first kappa shape index (κ1) is 20.0. The molecule has 2 heteroatoms. The van der Waals surface area contributed by atoms with E-state index in [2.05, 4.69) is 103 Å². The van der Waals surface area contributed by atoms with Gasteiger partial charge in [0.05, 0.1) is 0 Å². The Kier molecular flexibility index (Phi) is 1.54. The number of allylic oxidation sites excluding steroid dienone is 8. The molecule has 0 amide bonds. The van der Waals surface area contributed by atoms with Crippen LogP contribution in [-0.2, 0) is 7.87 Å². The zero-order valence-electron chi connectivity index (χ0n) is 18.4. The Morgan fingerprint density at radius 2 is 1.04 bits per heavy atom. The molecule has 24 heavy (non-hydrogen) atoms. The van der Waals surface area contributed by atoms with Gasteiger partial charge in [-0.1, -0.05) is 0 Å². The van der Waals surface area contributed by atoms with Gasteiger partial charge in [0.25, 0.3) is 0 Å². The van der Waals surface area contributed by atoms with Crippen LogP contribution in [0.1, 0.15) is 33.6 Å². The van der Waals surface area contributed by atoms with Crippen molar-refractivity contribution in [2.75, 3.05) is 0 Å². The quantitative estimate of drug-likeness (QED) is 0.493. The van der Waals surface area contributed by atoms with Crippen LogP contribution in [0.4, 0.5) is 0 Å². The van der Waals surface area contributed by atoms with Crippen molar-refractivity contribution in [2.24, 2.45) is 0 Å². The molecular weight excluding hydrogens is 326 g/mol. The number of hydrogen-bond donors (Lipinski definition) is 1. The maximum absolute atomic E-state index is 6.39. The zero-order chi connectivity index (χ0) is 19.3. The van der Waals surface area contributed by atoms with Crippen LogP contribution in [0.2, 0.25) is 41.8 Å². The van der Waals surface area contributed by atoms with Crippen molar-refractivity contribution in [3.63, 3.8) is 0 Å². The summed E-state index contributed by atoms with van der Waals surface area (Å²) in [7, 11) is -6.39. The molecule has 0 aromatic rings. The molecule has 0 aromatic heterocycles. The van der Waals surface area contributed by atoms with Crippen LogP contribution in [0.15, 0.2) is 44.2 Å². The molecule has 1 nitrogen and oxygen atoms in total. The van der Waals surface area contributed by atoms with Crippen molar-refractivity contribution in [2.45, 2.75) is 81.0 Å². The fourth-order valence-electron chi connectivity index (χ4n) is 7.97. The first-order valence-electron chi connectivity index (χ1n) is 9.93. The van der Waals surface area contributed by atoms with Crippen molar-refractivity contribution >= 4 is 0 Å². The standard InChI is InChI=1S/2C5H5.C4H10N.8CH3.Ti/c2*1-2-4-5-3-1;1-4(2,3)5;;;;;;;;;/h2*1-3H,4H2;5H,1-3H3;8*1H3;/q;;-1;;;;;;;;;+1. The molecule has 0 heterocycles. The molecule has 141 valence electrons. The van der Waals surface area contributed by atoms with Crippen LogP contribution in [0.3, 0.4) is 0 Å². The molecule has 2 aliphatic rings. The summed E-state index contributed by atoms with van der Waals surface area (Å²) in [6.45, 7) is 6.90. The van der Waals surface area contributed by atoms with Gasteiger partial charge in [-0.3, -0.25) is 0 Å². The van der Waals surface area contributed by atoms with Crippen molar-refractivity contribution in [1.29, 1.82) is 0 Å². The fraction of sp³-hybridized carbons (Fsp3) is 0.636. The van der Waals surface area contributed by atoms with Gasteiger partial charge in [-0.05, 0) is 0 Å². The van der Waals surface area contributed by atoms with Gasteiger partial charge in [0.1, 0.15) is 0 Å². The van der Waals surface area contributed by atoms with Gasteiger partial charge >= 0.3 is 137 Å². The summed E-state index contributed by atoms with van der Waals surface area (Å²) in [5, 5.41) is 20.7. The average molecular weight is 370 g/mol. The molecule has 1 N–H and O–H groups in total. The predicted molar refractivity (Wildman–Crippen MR) is 113 cm³/mol. The molecule has 0 unspecified atom stereocenters. The van der Waals surface area contributed by atoms with E-state index in [1.54, 1.807) is 0 Å². The van der Waals surface area contributed by atoms with Crippen LogP contribution in [0, 0.1) is 0 Å². The van der Waals surface area contributed by atoms with Crippen LogP contribution in [0.5, 0.6) is 0 Å². The van der Waals surface area contributed by atoms with Gasteiger partial charge < -0.3 is 0 Å². The van der Waals surface area contributed by atoms with Crippen LogP contribution < -0.4 is 3.80 Å². The van der Waals surface area contributed by atoms with E-state index in [0.717, 1.165) is 12.8 Å². The predicted octanol–water partition coefficient (Wildman–Crippen LogP) is 8.27. The second-order valence-corrected chi connectivity index (χ2v) is 91.4.